The molecule has 0 spiro atoms. The standard InChI is InChI=1S/C21H25N3O6S/c1-15(22-31(28,29)17-9-7-16(30-2)8-10-17)20(26)23-11-13-24(14-12-23)21(27)18-5-3-4-6-19(18)25/h3-10,15,22,25H,11-14H2,1-2H3/t15-/m0/s1. The first-order valence-corrected chi connectivity index (χ1v) is 11.2. The first-order valence-electron chi connectivity index (χ1n) is 9.75. The predicted octanol–water partition coefficient (Wildman–Crippen LogP) is 1.05. The molecule has 9 nitrogen and oxygen atoms in total. The van der Waals surface area contributed by atoms with E-state index in [1.165, 1.54) is 49.3 Å². The van der Waals surface area contributed by atoms with Crippen LogP contribution in [0.5, 0.6) is 11.5 Å². The second-order valence-electron chi connectivity index (χ2n) is 7.15. The Morgan fingerprint density at radius 1 is 1.00 bits per heavy atom. The van der Waals surface area contributed by atoms with Gasteiger partial charge in [0.25, 0.3) is 5.91 Å². The lowest BCUT2D eigenvalue weighted by molar-refractivity contribution is -0.134. The number of hydrogen-bond donors (Lipinski definition) is 2. The average Bonchev–Trinajstić information content (AvgIpc) is 2.78. The predicted molar refractivity (Wildman–Crippen MR) is 113 cm³/mol. The second kappa shape index (κ2) is 9.36. The average molecular weight is 448 g/mol. The Morgan fingerprint density at radius 3 is 2.16 bits per heavy atom. The molecule has 0 saturated carbocycles. The van der Waals surface area contributed by atoms with Gasteiger partial charge in [-0.25, -0.2) is 8.42 Å². The Balaban J connectivity index is 1.58. The van der Waals surface area contributed by atoms with Crippen LogP contribution in [0.3, 0.4) is 0 Å². The van der Waals surface area contributed by atoms with Gasteiger partial charge in [-0.3, -0.25) is 9.59 Å². The maximum Gasteiger partial charge on any atom is 0.257 e. The molecule has 31 heavy (non-hydrogen) atoms. The molecule has 2 aromatic carbocycles. The zero-order valence-corrected chi connectivity index (χ0v) is 18.1. The van der Waals surface area contributed by atoms with Crippen LogP contribution in [0.1, 0.15) is 17.3 Å². The minimum Gasteiger partial charge on any atom is -0.507 e. The molecule has 10 heteroatoms. The maximum absolute atomic E-state index is 12.7. The zero-order chi connectivity index (χ0) is 22.6. The number of piperazine rings is 1. The number of nitrogens with one attached hydrogen (secondary N) is 1. The summed E-state index contributed by atoms with van der Waals surface area (Å²) in [4.78, 5) is 28.4. The minimum absolute atomic E-state index is 0.0334. The lowest BCUT2D eigenvalue weighted by Gasteiger charge is -2.36. The molecular formula is C21H25N3O6S. The molecule has 2 aromatic rings. The summed E-state index contributed by atoms with van der Waals surface area (Å²) in [5, 5.41) is 9.87. The van der Waals surface area contributed by atoms with E-state index >= 15 is 0 Å². The SMILES string of the molecule is COc1ccc(S(=O)(=O)N[C@@H](C)C(=O)N2CCN(C(=O)c3ccccc3O)CC2)cc1. The van der Waals surface area contributed by atoms with E-state index in [1.54, 1.807) is 23.1 Å². The fourth-order valence-corrected chi connectivity index (χ4v) is 4.53. The number of ether oxygens (including phenoxy) is 1. The fourth-order valence-electron chi connectivity index (χ4n) is 3.33. The zero-order valence-electron chi connectivity index (χ0n) is 17.3. The lowest BCUT2D eigenvalue weighted by atomic mass is 10.1. The molecule has 2 N–H and O–H groups in total. The van der Waals surface area contributed by atoms with Crippen molar-refractivity contribution in [3.8, 4) is 11.5 Å². The summed E-state index contributed by atoms with van der Waals surface area (Å²) in [6, 6.07) is 11.2. The smallest absolute Gasteiger partial charge is 0.257 e. The highest BCUT2D eigenvalue weighted by atomic mass is 32.2. The molecule has 1 aliphatic heterocycles. The summed E-state index contributed by atoms with van der Waals surface area (Å²) < 4.78 is 32.5. The molecule has 2 amide bonds. The number of rotatable bonds is 6. The van der Waals surface area contributed by atoms with Gasteiger partial charge in [0.15, 0.2) is 0 Å². The van der Waals surface area contributed by atoms with E-state index < -0.39 is 16.1 Å². The van der Waals surface area contributed by atoms with Gasteiger partial charge in [-0.15, -0.1) is 0 Å². The Morgan fingerprint density at radius 2 is 1.58 bits per heavy atom. The number of amides is 2. The minimum atomic E-state index is -3.88. The third kappa shape index (κ3) is 5.15. The van der Waals surface area contributed by atoms with Gasteiger partial charge in [-0.05, 0) is 43.3 Å². The normalized spacial score (nSPS) is 15.4. The number of benzene rings is 2. The van der Waals surface area contributed by atoms with Crippen LogP contribution in [-0.4, -0.2) is 74.5 Å². The Hall–Kier alpha value is -3.11. The largest absolute Gasteiger partial charge is 0.507 e. The van der Waals surface area contributed by atoms with Crippen molar-refractivity contribution in [1.29, 1.82) is 0 Å². The third-order valence-corrected chi connectivity index (χ3v) is 6.64. The molecule has 0 aromatic heterocycles. The van der Waals surface area contributed by atoms with Crippen molar-refractivity contribution >= 4 is 21.8 Å². The molecular weight excluding hydrogens is 422 g/mol. The highest BCUT2D eigenvalue weighted by molar-refractivity contribution is 7.89. The van der Waals surface area contributed by atoms with E-state index in [2.05, 4.69) is 4.72 Å². The summed E-state index contributed by atoms with van der Waals surface area (Å²) >= 11 is 0. The van der Waals surface area contributed by atoms with Crippen LogP contribution in [0.25, 0.3) is 0 Å². The third-order valence-electron chi connectivity index (χ3n) is 5.09. The number of phenols is 1. The first kappa shape index (κ1) is 22.6. The number of methoxy groups -OCH3 is 1. The van der Waals surface area contributed by atoms with Gasteiger partial charge < -0.3 is 19.6 Å². The van der Waals surface area contributed by atoms with E-state index in [0.717, 1.165) is 0 Å². The van der Waals surface area contributed by atoms with Crippen molar-refractivity contribution in [2.45, 2.75) is 17.9 Å². The molecule has 0 bridgehead atoms. The topological polar surface area (TPSA) is 116 Å². The van der Waals surface area contributed by atoms with Gasteiger partial charge in [-0.2, -0.15) is 4.72 Å². The van der Waals surface area contributed by atoms with Crippen molar-refractivity contribution in [2.75, 3.05) is 33.3 Å². The van der Waals surface area contributed by atoms with Crippen LogP contribution in [0.2, 0.25) is 0 Å². The molecule has 166 valence electrons. The second-order valence-corrected chi connectivity index (χ2v) is 8.87. The van der Waals surface area contributed by atoms with Crippen LogP contribution in [0.4, 0.5) is 0 Å². The van der Waals surface area contributed by atoms with Gasteiger partial charge >= 0.3 is 0 Å². The summed E-state index contributed by atoms with van der Waals surface area (Å²) in [6.07, 6.45) is 0. The molecule has 0 aliphatic carbocycles. The van der Waals surface area contributed by atoms with Crippen LogP contribution in [0.15, 0.2) is 53.4 Å². The Bertz CT molecular complexity index is 1050. The van der Waals surface area contributed by atoms with E-state index in [0.29, 0.717) is 5.75 Å². The molecule has 1 heterocycles. The fraction of sp³-hybridized carbons (Fsp3) is 0.333. The number of aromatic hydroxyl groups is 1. The molecule has 0 unspecified atom stereocenters. The number of nitrogens with zero attached hydrogens (tertiary/aromatic N) is 2. The van der Waals surface area contributed by atoms with Crippen molar-refractivity contribution in [3.63, 3.8) is 0 Å². The van der Waals surface area contributed by atoms with Crippen LogP contribution in [-0.2, 0) is 14.8 Å². The van der Waals surface area contributed by atoms with Gasteiger partial charge in [0, 0.05) is 26.2 Å². The molecule has 1 aliphatic rings. The summed E-state index contributed by atoms with van der Waals surface area (Å²) in [5.74, 6) is -0.239. The van der Waals surface area contributed by atoms with E-state index in [-0.39, 0.29) is 54.2 Å². The van der Waals surface area contributed by atoms with E-state index in [9.17, 15) is 23.1 Å². The quantitative estimate of drug-likeness (QED) is 0.684. The van der Waals surface area contributed by atoms with Crippen LogP contribution < -0.4 is 9.46 Å². The molecule has 1 fully saturated rings. The van der Waals surface area contributed by atoms with Crippen molar-refractivity contribution in [1.82, 2.24) is 14.5 Å². The van der Waals surface area contributed by atoms with Gasteiger partial charge in [-0.1, -0.05) is 12.1 Å². The molecule has 3 rings (SSSR count). The van der Waals surface area contributed by atoms with Crippen molar-refractivity contribution in [2.24, 2.45) is 0 Å². The van der Waals surface area contributed by atoms with E-state index in [1.807, 2.05) is 0 Å². The number of sulfonamides is 1. The number of carbonyl (C=O) groups excluding carboxylic acids is 2. The Kier molecular flexibility index (Phi) is 6.81. The molecule has 1 atom stereocenters. The summed E-state index contributed by atoms with van der Waals surface area (Å²) in [5.41, 5.74) is 0.211. The number of hydrogen-bond acceptors (Lipinski definition) is 6. The van der Waals surface area contributed by atoms with Crippen LogP contribution >= 0.6 is 0 Å². The lowest BCUT2D eigenvalue weighted by Crippen LogP contribution is -2.55. The molecule has 0 radical (unpaired) electrons. The van der Waals surface area contributed by atoms with Gasteiger partial charge in [0.2, 0.25) is 15.9 Å². The number of carbonyl (C=O) groups is 2. The first-order chi connectivity index (χ1) is 14.7. The monoisotopic (exact) mass is 447 g/mol. The number of phenolic OH excluding ortho intramolecular Hbond substituents is 1. The van der Waals surface area contributed by atoms with Crippen LogP contribution in [0, 0.1) is 0 Å². The van der Waals surface area contributed by atoms with E-state index in [4.69, 9.17) is 4.74 Å². The Labute approximate surface area is 181 Å². The van der Waals surface area contributed by atoms with Crippen molar-refractivity contribution < 1.29 is 27.9 Å². The molecule has 1 saturated heterocycles. The summed E-state index contributed by atoms with van der Waals surface area (Å²) in [6.45, 7) is 2.61. The maximum atomic E-state index is 12.7. The van der Waals surface area contributed by atoms with Crippen molar-refractivity contribution in [3.05, 3.63) is 54.1 Å². The van der Waals surface area contributed by atoms with Gasteiger partial charge in [0.1, 0.15) is 11.5 Å². The summed E-state index contributed by atoms with van der Waals surface area (Å²) in [7, 11) is -2.39. The highest BCUT2D eigenvalue weighted by Crippen LogP contribution is 2.19. The highest BCUT2D eigenvalue weighted by Gasteiger charge is 2.30. The number of para-hydroxylation sites is 1. The van der Waals surface area contributed by atoms with Gasteiger partial charge in [0.05, 0.1) is 23.6 Å².